The summed E-state index contributed by atoms with van der Waals surface area (Å²) >= 11 is 0. The molecule has 9 nitrogen and oxygen atoms in total. The Kier molecular flexibility index (Phi) is 9.55. The van der Waals surface area contributed by atoms with Crippen LogP contribution in [0.4, 0.5) is 4.79 Å². The minimum absolute atomic E-state index is 0.0321. The maximum absolute atomic E-state index is 12.5. The number of nitrogens with one attached hydrogen (secondary N) is 3. The molecule has 0 spiro atoms. The van der Waals surface area contributed by atoms with E-state index in [0.29, 0.717) is 0 Å². The Balaban J connectivity index is 2.36. The Bertz CT molecular complexity index is 592. The smallest absolute Gasteiger partial charge is 0.431 e. The van der Waals surface area contributed by atoms with Crippen LogP contribution in [0.1, 0.15) is 80.6 Å². The standard InChI is InChI=1S/C21H39N3O6/c1-19(2,3)30-18(27)24-29-14-21(6,7)17(26)23-28-13-20(4,5)16(25)22-15-11-9-8-10-12-15/h15H,8-14H2,1-7H3,(H,22,25)(H,23,26)(H,24,27). The predicted molar refractivity (Wildman–Crippen MR) is 112 cm³/mol. The highest BCUT2D eigenvalue weighted by molar-refractivity contribution is 5.82. The summed E-state index contributed by atoms with van der Waals surface area (Å²) in [6, 6.07) is 0.216. The van der Waals surface area contributed by atoms with Gasteiger partial charge >= 0.3 is 6.09 Å². The fourth-order valence-electron chi connectivity index (χ4n) is 2.75. The van der Waals surface area contributed by atoms with Crippen LogP contribution in [0.5, 0.6) is 0 Å². The van der Waals surface area contributed by atoms with E-state index in [-0.39, 0.29) is 25.2 Å². The third-order valence-electron chi connectivity index (χ3n) is 4.76. The van der Waals surface area contributed by atoms with E-state index in [1.54, 1.807) is 48.5 Å². The summed E-state index contributed by atoms with van der Waals surface area (Å²) in [5.41, 5.74) is 2.10. The maximum atomic E-state index is 12.5. The Morgan fingerprint density at radius 3 is 1.80 bits per heavy atom. The van der Waals surface area contributed by atoms with Crippen molar-refractivity contribution in [3.8, 4) is 0 Å². The zero-order valence-corrected chi connectivity index (χ0v) is 19.5. The Hall–Kier alpha value is -1.87. The van der Waals surface area contributed by atoms with Gasteiger partial charge in [-0.1, -0.05) is 19.3 Å². The van der Waals surface area contributed by atoms with E-state index in [1.807, 2.05) is 0 Å². The van der Waals surface area contributed by atoms with Gasteiger partial charge in [0.15, 0.2) is 0 Å². The van der Waals surface area contributed by atoms with Crippen molar-refractivity contribution < 1.29 is 28.8 Å². The monoisotopic (exact) mass is 429 g/mol. The molecule has 1 rings (SSSR count). The van der Waals surface area contributed by atoms with E-state index in [0.717, 1.165) is 25.7 Å². The summed E-state index contributed by atoms with van der Waals surface area (Å²) in [7, 11) is 0. The van der Waals surface area contributed by atoms with E-state index in [9.17, 15) is 14.4 Å². The molecule has 0 unspecified atom stereocenters. The zero-order valence-electron chi connectivity index (χ0n) is 19.5. The zero-order chi connectivity index (χ0) is 23.0. The number of amides is 3. The summed E-state index contributed by atoms with van der Waals surface area (Å²) in [6.07, 6.45) is 4.77. The number of hydrogen-bond donors (Lipinski definition) is 3. The Morgan fingerprint density at radius 2 is 1.27 bits per heavy atom. The van der Waals surface area contributed by atoms with Crippen LogP contribution >= 0.6 is 0 Å². The lowest BCUT2D eigenvalue weighted by atomic mass is 9.90. The van der Waals surface area contributed by atoms with Crippen LogP contribution in [0, 0.1) is 10.8 Å². The first-order valence-electron chi connectivity index (χ1n) is 10.6. The number of ether oxygens (including phenoxy) is 1. The molecule has 0 aromatic heterocycles. The highest BCUT2D eigenvalue weighted by Gasteiger charge is 2.33. The average Bonchev–Trinajstić information content (AvgIpc) is 2.60. The first-order chi connectivity index (χ1) is 13.7. The molecule has 1 fully saturated rings. The molecule has 0 bridgehead atoms. The highest BCUT2D eigenvalue weighted by atomic mass is 16.7. The molecule has 0 atom stereocenters. The second kappa shape index (κ2) is 10.9. The third kappa shape index (κ3) is 9.75. The van der Waals surface area contributed by atoms with Crippen LogP contribution < -0.4 is 16.3 Å². The van der Waals surface area contributed by atoms with Crippen molar-refractivity contribution in [3.63, 3.8) is 0 Å². The van der Waals surface area contributed by atoms with Gasteiger partial charge in [-0.25, -0.2) is 10.3 Å². The van der Waals surface area contributed by atoms with E-state index in [4.69, 9.17) is 14.4 Å². The van der Waals surface area contributed by atoms with Crippen molar-refractivity contribution in [2.45, 2.75) is 92.2 Å². The molecule has 0 saturated heterocycles. The van der Waals surface area contributed by atoms with Crippen LogP contribution in [0.15, 0.2) is 0 Å². The largest absolute Gasteiger partial charge is 0.442 e. The molecule has 174 valence electrons. The summed E-state index contributed by atoms with van der Waals surface area (Å²) in [6.45, 7) is 12.0. The van der Waals surface area contributed by atoms with Crippen molar-refractivity contribution in [1.82, 2.24) is 16.3 Å². The number of hydroxylamine groups is 2. The van der Waals surface area contributed by atoms with E-state index >= 15 is 0 Å². The van der Waals surface area contributed by atoms with Crippen molar-refractivity contribution >= 4 is 17.9 Å². The molecule has 9 heteroatoms. The normalized spacial score (nSPS) is 16.0. The first kappa shape index (κ1) is 26.2. The summed E-state index contributed by atoms with van der Waals surface area (Å²) < 4.78 is 5.05. The SMILES string of the molecule is CC(C)(C)OC(=O)NOCC(C)(C)C(=O)NOCC(C)(C)C(=O)NC1CCCCC1. The molecule has 0 aromatic rings. The van der Waals surface area contributed by atoms with Crippen molar-refractivity contribution in [1.29, 1.82) is 0 Å². The van der Waals surface area contributed by atoms with Gasteiger partial charge in [0, 0.05) is 6.04 Å². The van der Waals surface area contributed by atoms with Crippen molar-refractivity contribution in [3.05, 3.63) is 0 Å². The molecular formula is C21H39N3O6. The summed E-state index contributed by atoms with van der Waals surface area (Å²) in [5.74, 6) is -0.523. The van der Waals surface area contributed by atoms with Crippen LogP contribution in [-0.2, 0) is 24.0 Å². The van der Waals surface area contributed by atoms with Crippen LogP contribution in [0.3, 0.4) is 0 Å². The van der Waals surface area contributed by atoms with Gasteiger partial charge in [-0.15, -0.1) is 0 Å². The van der Waals surface area contributed by atoms with E-state index in [2.05, 4.69) is 16.3 Å². The minimum atomic E-state index is -0.983. The Labute approximate surface area is 179 Å². The van der Waals surface area contributed by atoms with Gasteiger partial charge in [0.2, 0.25) is 5.91 Å². The van der Waals surface area contributed by atoms with E-state index in [1.165, 1.54) is 6.42 Å². The molecule has 0 heterocycles. The van der Waals surface area contributed by atoms with Gasteiger partial charge in [-0.05, 0) is 61.3 Å². The van der Waals surface area contributed by atoms with Gasteiger partial charge in [0.25, 0.3) is 5.91 Å². The minimum Gasteiger partial charge on any atom is -0.442 e. The van der Waals surface area contributed by atoms with Gasteiger partial charge in [0.05, 0.1) is 24.0 Å². The second-order valence-corrected chi connectivity index (χ2v) is 10.2. The second-order valence-electron chi connectivity index (χ2n) is 10.2. The van der Waals surface area contributed by atoms with Gasteiger partial charge in [-0.2, -0.15) is 5.48 Å². The van der Waals surface area contributed by atoms with E-state index < -0.39 is 28.4 Å². The topological polar surface area (TPSA) is 115 Å². The lowest BCUT2D eigenvalue weighted by Gasteiger charge is -2.29. The Morgan fingerprint density at radius 1 is 0.767 bits per heavy atom. The number of rotatable bonds is 9. The molecular weight excluding hydrogens is 390 g/mol. The lowest BCUT2D eigenvalue weighted by molar-refractivity contribution is -0.153. The van der Waals surface area contributed by atoms with Gasteiger partial charge in [-0.3, -0.25) is 19.3 Å². The lowest BCUT2D eigenvalue weighted by Crippen LogP contribution is -2.47. The summed E-state index contributed by atoms with van der Waals surface area (Å²) in [5, 5.41) is 3.08. The first-order valence-corrected chi connectivity index (χ1v) is 10.6. The molecule has 1 saturated carbocycles. The number of hydrogen-bond acceptors (Lipinski definition) is 6. The van der Waals surface area contributed by atoms with Crippen LogP contribution in [-0.4, -0.2) is 42.8 Å². The molecule has 1 aliphatic carbocycles. The predicted octanol–water partition coefficient (Wildman–Crippen LogP) is 2.99. The molecule has 0 aliphatic heterocycles. The quantitative estimate of drug-likeness (QED) is 0.485. The fraction of sp³-hybridized carbons (Fsp3) is 0.857. The average molecular weight is 430 g/mol. The number of carbonyl (C=O) groups is 3. The molecule has 0 aromatic carbocycles. The fourth-order valence-corrected chi connectivity index (χ4v) is 2.75. The van der Waals surface area contributed by atoms with Crippen molar-refractivity contribution in [2.75, 3.05) is 13.2 Å². The van der Waals surface area contributed by atoms with Crippen LogP contribution in [0.2, 0.25) is 0 Å². The number of carbonyl (C=O) groups excluding carboxylic acids is 3. The van der Waals surface area contributed by atoms with Gasteiger partial charge < -0.3 is 10.1 Å². The molecule has 3 N–H and O–H groups in total. The molecule has 30 heavy (non-hydrogen) atoms. The molecule has 0 radical (unpaired) electrons. The van der Waals surface area contributed by atoms with Crippen LogP contribution in [0.25, 0.3) is 0 Å². The summed E-state index contributed by atoms with van der Waals surface area (Å²) in [4.78, 5) is 46.9. The maximum Gasteiger partial charge on any atom is 0.431 e. The molecule has 3 amide bonds. The van der Waals surface area contributed by atoms with Crippen molar-refractivity contribution in [2.24, 2.45) is 10.8 Å². The third-order valence-corrected chi connectivity index (χ3v) is 4.76. The molecule has 1 aliphatic rings. The highest BCUT2D eigenvalue weighted by Crippen LogP contribution is 2.21. The van der Waals surface area contributed by atoms with Gasteiger partial charge in [0.1, 0.15) is 5.60 Å².